The molecule has 2 aliphatic carbocycles. The second kappa shape index (κ2) is 8.37. The molecule has 4 aliphatic rings. The Morgan fingerprint density at radius 2 is 1.81 bits per heavy atom. The zero-order chi connectivity index (χ0) is 21.5. The van der Waals surface area contributed by atoms with Crippen molar-refractivity contribution >= 4 is 23.5 Å². The molecule has 0 radical (unpaired) electrons. The average Bonchev–Trinajstić information content (AvgIpc) is 3.62. The number of amides is 1. The maximum atomic E-state index is 13.2. The summed E-state index contributed by atoms with van der Waals surface area (Å²) in [4.78, 5) is 27.3. The van der Waals surface area contributed by atoms with Gasteiger partial charge in [0.1, 0.15) is 11.9 Å². The molecular formula is C24H33N7O. The highest BCUT2D eigenvalue weighted by molar-refractivity contribution is 5.85. The fourth-order valence-electron chi connectivity index (χ4n) is 6.03. The first-order valence-electron chi connectivity index (χ1n) is 12.5. The van der Waals surface area contributed by atoms with Crippen LogP contribution in [0.5, 0.6) is 0 Å². The molecule has 8 heteroatoms. The van der Waals surface area contributed by atoms with Crippen LogP contribution in [-0.4, -0.2) is 56.6 Å². The molecule has 170 valence electrons. The zero-order valence-electron chi connectivity index (χ0n) is 18.8. The normalized spacial score (nSPS) is 23.3. The van der Waals surface area contributed by atoms with Crippen LogP contribution in [0.2, 0.25) is 0 Å². The maximum absolute atomic E-state index is 13.2. The Hall–Kier alpha value is -2.64. The molecule has 1 unspecified atom stereocenters. The van der Waals surface area contributed by atoms with Gasteiger partial charge in [-0.1, -0.05) is 12.8 Å². The molecule has 2 saturated heterocycles. The second-order valence-electron chi connectivity index (χ2n) is 9.85. The van der Waals surface area contributed by atoms with Gasteiger partial charge in [0.25, 0.3) is 0 Å². The van der Waals surface area contributed by atoms with Gasteiger partial charge in [0, 0.05) is 42.9 Å². The SMILES string of the molecule is O=C(C1CCCN1c1nc2c(c(Nc3cc(C4CCCC4)[nH]n3)n1)CCC2)N1CCCC1. The molecule has 8 nitrogen and oxygen atoms in total. The first kappa shape index (κ1) is 20.0. The third-order valence-corrected chi connectivity index (χ3v) is 7.77. The Kier molecular flexibility index (Phi) is 5.23. The molecule has 2 N–H and O–H groups in total. The number of likely N-dealkylation sites (tertiary alicyclic amines) is 1. The van der Waals surface area contributed by atoms with Crippen molar-refractivity contribution in [3.05, 3.63) is 23.0 Å². The van der Waals surface area contributed by atoms with E-state index in [9.17, 15) is 4.79 Å². The van der Waals surface area contributed by atoms with E-state index in [4.69, 9.17) is 9.97 Å². The summed E-state index contributed by atoms with van der Waals surface area (Å²) in [5.41, 5.74) is 3.57. The number of aromatic amines is 1. The quantitative estimate of drug-likeness (QED) is 0.745. The van der Waals surface area contributed by atoms with Gasteiger partial charge in [-0.25, -0.2) is 4.98 Å². The highest BCUT2D eigenvalue weighted by Gasteiger charge is 2.37. The number of carbonyl (C=O) groups is 1. The molecule has 1 atom stereocenters. The zero-order valence-corrected chi connectivity index (χ0v) is 18.8. The van der Waals surface area contributed by atoms with Crippen molar-refractivity contribution in [2.24, 2.45) is 0 Å². The third-order valence-electron chi connectivity index (χ3n) is 7.77. The minimum absolute atomic E-state index is 0.125. The fraction of sp³-hybridized carbons (Fsp3) is 0.667. The van der Waals surface area contributed by atoms with E-state index in [-0.39, 0.29) is 11.9 Å². The van der Waals surface area contributed by atoms with Gasteiger partial charge in [-0.05, 0) is 57.8 Å². The van der Waals surface area contributed by atoms with E-state index in [1.54, 1.807) is 0 Å². The van der Waals surface area contributed by atoms with Gasteiger partial charge in [-0.2, -0.15) is 10.1 Å². The van der Waals surface area contributed by atoms with E-state index in [0.29, 0.717) is 11.9 Å². The topological polar surface area (TPSA) is 90.0 Å². The summed E-state index contributed by atoms with van der Waals surface area (Å²) >= 11 is 0. The van der Waals surface area contributed by atoms with E-state index in [0.717, 1.165) is 81.9 Å². The van der Waals surface area contributed by atoms with E-state index in [1.165, 1.54) is 36.9 Å². The lowest BCUT2D eigenvalue weighted by molar-refractivity contribution is -0.131. The summed E-state index contributed by atoms with van der Waals surface area (Å²) in [5.74, 6) is 3.26. The Morgan fingerprint density at radius 3 is 2.66 bits per heavy atom. The van der Waals surface area contributed by atoms with Crippen LogP contribution >= 0.6 is 0 Å². The van der Waals surface area contributed by atoms with Crippen molar-refractivity contribution in [1.29, 1.82) is 0 Å². The number of anilines is 3. The molecule has 0 bridgehead atoms. The van der Waals surface area contributed by atoms with E-state index >= 15 is 0 Å². The van der Waals surface area contributed by atoms with E-state index in [2.05, 4.69) is 26.5 Å². The molecular weight excluding hydrogens is 402 g/mol. The van der Waals surface area contributed by atoms with Gasteiger partial charge in [-0.15, -0.1) is 0 Å². The molecule has 4 heterocycles. The van der Waals surface area contributed by atoms with E-state index < -0.39 is 0 Å². The molecule has 6 rings (SSSR count). The number of carbonyl (C=O) groups excluding carboxylic acids is 1. The number of H-pyrrole nitrogens is 1. The van der Waals surface area contributed by atoms with Crippen LogP contribution in [0.25, 0.3) is 0 Å². The highest BCUT2D eigenvalue weighted by atomic mass is 16.2. The van der Waals surface area contributed by atoms with E-state index in [1.807, 2.05) is 4.90 Å². The van der Waals surface area contributed by atoms with Crippen molar-refractivity contribution in [2.75, 3.05) is 29.9 Å². The largest absolute Gasteiger partial charge is 0.341 e. The van der Waals surface area contributed by atoms with Crippen LogP contribution in [0.3, 0.4) is 0 Å². The Balaban J connectivity index is 1.27. The van der Waals surface area contributed by atoms with Crippen molar-refractivity contribution in [1.82, 2.24) is 25.1 Å². The summed E-state index contributed by atoms with van der Waals surface area (Å²) in [6.45, 7) is 2.63. The number of fused-ring (bicyclic) bond motifs is 1. The van der Waals surface area contributed by atoms with Crippen LogP contribution in [-0.2, 0) is 17.6 Å². The number of aryl methyl sites for hydroxylation is 1. The van der Waals surface area contributed by atoms with Crippen LogP contribution < -0.4 is 10.2 Å². The molecule has 0 aromatic carbocycles. The number of rotatable bonds is 5. The smallest absolute Gasteiger partial charge is 0.245 e. The van der Waals surface area contributed by atoms with Crippen molar-refractivity contribution < 1.29 is 4.79 Å². The number of aromatic nitrogens is 4. The molecule has 1 amide bonds. The van der Waals surface area contributed by atoms with Crippen molar-refractivity contribution in [2.45, 2.75) is 82.6 Å². The lowest BCUT2D eigenvalue weighted by Gasteiger charge is -2.28. The Bertz CT molecular complexity index is 990. The number of hydrogen-bond donors (Lipinski definition) is 2. The lowest BCUT2D eigenvalue weighted by Crippen LogP contribution is -2.45. The first-order valence-corrected chi connectivity index (χ1v) is 12.5. The van der Waals surface area contributed by atoms with Crippen LogP contribution in [0.4, 0.5) is 17.6 Å². The molecule has 1 saturated carbocycles. The van der Waals surface area contributed by atoms with Crippen LogP contribution in [0, 0.1) is 0 Å². The molecule has 2 aromatic heterocycles. The van der Waals surface area contributed by atoms with Crippen LogP contribution in [0.15, 0.2) is 6.07 Å². The molecule has 3 fully saturated rings. The standard InChI is InChI=1S/C24H33N7O/c32-23(30-12-3-4-13-30)20-11-6-14-31(20)24-25-18-10-5-9-17(18)22(27-24)26-21-15-19(28-29-21)16-7-1-2-8-16/h15-16,20H,1-14H2,(H2,25,26,27,28,29). The summed E-state index contributed by atoms with van der Waals surface area (Å²) in [7, 11) is 0. The average molecular weight is 436 g/mol. The third kappa shape index (κ3) is 3.63. The van der Waals surface area contributed by atoms with Gasteiger partial charge in [0.15, 0.2) is 5.82 Å². The van der Waals surface area contributed by atoms with Gasteiger partial charge in [-0.3, -0.25) is 9.89 Å². The Labute approximate surface area is 189 Å². The van der Waals surface area contributed by atoms with Crippen molar-refractivity contribution in [3.8, 4) is 0 Å². The predicted molar refractivity (Wildman–Crippen MR) is 123 cm³/mol. The van der Waals surface area contributed by atoms with Crippen molar-refractivity contribution in [3.63, 3.8) is 0 Å². The Morgan fingerprint density at radius 1 is 0.969 bits per heavy atom. The first-order chi connectivity index (χ1) is 15.8. The summed E-state index contributed by atoms with van der Waals surface area (Å²) in [5, 5.41) is 11.3. The maximum Gasteiger partial charge on any atom is 0.245 e. The van der Waals surface area contributed by atoms with Gasteiger partial charge in [0.2, 0.25) is 11.9 Å². The lowest BCUT2D eigenvalue weighted by atomic mass is 10.0. The summed E-state index contributed by atoms with van der Waals surface area (Å²) in [6.07, 6.45) is 12.3. The number of hydrogen-bond acceptors (Lipinski definition) is 6. The summed E-state index contributed by atoms with van der Waals surface area (Å²) < 4.78 is 0. The van der Waals surface area contributed by atoms with Gasteiger partial charge >= 0.3 is 0 Å². The highest BCUT2D eigenvalue weighted by Crippen LogP contribution is 2.36. The molecule has 32 heavy (non-hydrogen) atoms. The summed E-state index contributed by atoms with van der Waals surface area (Å²) in [6, 6.07) is 2.02. The molecule has 0 spiro atoms. The monoisotopic (exact) mass is 435 g/mol. The number of nitrogens with zero attached hydrogens (tertiary/aromatic N) is 5. The van der Waals surface area contributed by atoms with Gasteiger partial charge < -0.3 is 15.1 Å². The number of nitrogens with one attached hydrogen (secondary N) is 2. The molecule has 2 aliphatic heterocycles. The fourth-order valence-corrected chi connectivity index (χ4v) is 6.03. The van der Waals surface area contributed by atoms with Gasteiger partial charge in [0.05, 0.1) is 5.69 Å². The minimum atomic E-state index is -0.125. The predicted octanol–water partition coefficient (Wildman–Crippen LogP) is 3.68. The minimum Gasteiger partial charge on any atom is -0.341 e. The second-order valence-corrected chi connectivity index (χ2v) is 9.85. The van der Waals surface area contributed by atoms with Crippen LogP contribution in [0.1, 0.15) is 80.7 Å². The molecule has 2 aromatic rings.